The van der Waals surface area contributed by atoms with E-state index in [1.807, 2.05) is 82.3 Å². The van der Waals surface area contributed by atoms with Crippen LogP contribution >= 0.6 is 0 Å². The summed E-state index contributed by atoms with van der Waals surface area (Å²) >= 11 is 0. The van der Waals surface area contributed by atoms with Crippen LogP contribution in [0, 0.1) is 13.8 Å². The largest absolute Gasteiger partial charge is 0.493 e. The number of carbonyl (C=O) groups excluding carboxylic acids is 2. The molecule has 0 heterocycles. The second-order valence-electron chi connectivity index (χ2n) is 11.7. The smallest absolute Gasteiger partial charge is 0.264 e. The van der Waals surface area contributed by atoms with Gasteiger partial charge in [-0.15, -0.1) is 0 Å². The standard InChI is InChI=1S/C37H43N3O6S/c1-26(2)38-37(42)33(22-29-13-8-7-9-14-29)39(24-30-15-11-10-12-28(30)4)36(41)25-40(31-18-21-34(45-5)35(23-31)46-6)47(43,44)32-19-16-27(3)17-20-32/h7-21,23,26,33H,22,24-25H2,1-6H3,(H,38,42)/t33-/m1/s1. The molecule has 2 amide bonds. The normalized spacial score (nSPS) is 11.9. The van der Waals surface area contributed by atoms with Crippen molar-refractivity contribution in [2.75, 3.05) is 25.1 Å². The molecule has 0 radical (unpaired) electrons. The number of carbonyl (C=O) groups is 2. The maximum Gasteiger partial charge on any atom is 0.264 e. The Labute approximate surface area is 278 Å². The van der Waals surface area contributed by atoms with Crippen LogP contribution in [0.25, 0.3) is 0 Å². The van der Waals surface area contributed by atoms with Gasteiger partial charge < -0.3 is 19.7 Å². The van der Waals surface area contributed by atoms with Gasteiger partial charge in [-0.25, -0.2) is 8.42 Å². The van der Waals surface area contributed by atoms with Gasteiger partial charge in [0.15, 0.2) is 11.5 Å². The van der Waals surface area contributed by atoms with Crippen LogP contribution in [0.3, 0.4) is 0 Å². The minimum absolute atomic E-state index is 0.0227. The number of sulfonamides is 1. The van der Waals surface area contributed by atoms with Gasteiger partial charge in [-0.2, -0.15) is 0 Å². The highest BCUT2D eigenvalue weighted by Crippen LogP contribution is 2.34. The third kappa shape index (κ3) is 8.71. The first kappa shape index (κ1) is 35.0. The molecular formula is C37H43N3O6S. The number of ether oxygens (including phenoxy) is 2. The lowest BCUT2D eigenvalue weighted by Gasteiger charge is -2.34. The molecule has 0 fully saturated rings. The van der Waals surface area contributed by atoms with Crippen molar-refractivity contribution in [3.05, 3.63) is 119 Å². The number of hydrogen-bond acceptors (Lipinski definition) is 6. The summed E-state index contributed by atoms with van der Waals surface area (Å²) in [5, 5.41) is 2.98. The Bertz CT molecular complexity index is 1780. The minimum Gasteiger partial charge on any atom is -0.493 e. The first-order chi connectivity index (χ1) is 22.4. The molecular weight excluding hydrogens is 614 g/mol. The molecule has 1 N–H and O–H groups in total. The quantitative estimate of drug-likeness (QED) is 0.187. The van der Waals surface area contributed by atoms with Crippen molar-refractivity contribution in [1.82, 2.24) is 10.2 Å². The molecule has 0 unspecified atom stereocenters. The number of aryl methyl sites for hydroxylation is 2. The molecule has 4 rings (SSSR count). The summed E-state index contributed by atoms with van der Waals surface area (Å²) < 4.78 is 40.6. The van der Waals surface area contributed by atoms with Gasteiger partial charge in [0, 0.05) is 25.1 Å². The van der Waals surface area contributed by atoms with Crippen LogP contribution in [0.4, 0.5) is 5.69 Å². The summed E-state index contributed by atoms with van der Waals surface area (Å²) in [6.07, 6.45) is 0.234. The molecule has 0 aliphatic carbocycles. The summed E-state index contributed by atoms with van der Waals surface area (Å²) in [6.45, 7) is 7.05. The van der Waals surface area contributed by atoms with Crippen LogP contribution in [0.5, 0.6) is 11.5 Å². The summed E-state index contributed by atoms with van der Waals surface area (Å²) in [5.41, 5.74) is 3.75. The van der Waals surface area contributed by atoms with Crippen LogP contribution < -0.4 is 19.1 Å². The number of benzene rings is 4. The molecule has 47 heavy (non-hydrogen) atoms. The summed E-state index contributed by atoms with van der Waals surface area (Å²) in [5.74, 6) is -0.162. The lowest BCUT2D eigenvalue weighted by atomic mass is 10.0. The lowest BCUT2D eigenvalue weighted by molar-refractivity contribution is -0.140. The number of nitrogens with one attached hydrogen (secondary N) is 1. The van der Waals surface area contributed by atoms with Crippen molar-refractivity contribution in [2.24, 2.45) is 0 Å². The van der Waals surface area contributed by atoms with Crippen LogP contribution in [0.1, 0.15) is 36.1 Å². The first-order valence-electron chi connectivity index (χ1n) is 15.4. The fourth-order valence-corrected chi connectivity index (χ4v) is 6.66. The van der Waals surface area contributed by atoms with Crippen molar-refractivity contribution in [2.45, 2.75) is 57.6 Å². The fraction of sp³-hybridized carbons (Fsp3) is 0.297. The molecule has 4 aromatic rings. The first-order valence-corrected chi connectivity index (χ1v) is 16.9. The molecule has 4 aromatic carbocycles. The highest BCUT2D eigenvalue weighted by atomic mass is 32.2. The van der Waals surface area contributed by atoms with E-state index in [4.69, 9.17) is 9.47 Å². The number of hydrogen-bond donors (Lipinski definition) is 1. The summed E-state index contributed by atoms with van der Waals surface area (Å²) in [4.78, 5) is 30.0. The average molecular weight is 658 g/mol. The Morgan fingerprint density at radius 1 is 0.809 bits per heavy atom. The zero-order chi connectivity index (χ0) is 34.1. The third-order valence-corrected chi connectivity index (χ3v) is 9.64. The van der Waals surface area contributed by atoms with Gasteiger partial charge in [-0.1, -0.05) is 72.3 Å². The maximum absolute atomic E-state index is 14.7. The van der Waals surface area contributed by atoms with E-state index in [-0.39, 0.29) is 35.5 Å². The van der Waals surface area contributed by atoms with E-state index < -0.39 is 28.5 Å². The number of rotatable bonds is 14. The number of amides is 2. The molecule has 0 aliphatic rings. The minimum atomic E-state index is -4.26. The van der Waals surface area contributed by atoms with Crippen LogP contribution in [-0.2, 0) is 32.6 Å². The molecule has 10 heteroatoms. The fourth-order valence-electron chi connectivity index (χ4n) is 5.25. The molecule has 0 saturated carbocycles. The highest BCUT2D eigenvalue weighted by molar-refractivity contribution is 7.92. The zero-order valence-corrected chi connectivity index (χ0v) is 28.6. The molecule has 0 aromatic heterocycles. The molecule has 248 valence electrons. The Morgan fingerprint density at radius 2 is 1.45 bits per heavy atom. The second kappa shape index (κ2) is 15.6. The van der Waals surface area contributed by atoms with Crippen molar-refractivity contribution < 1.29 is 27.5 Å². The van der Waals surface area contributed by atoms with E-state index in [1.165, 1.54) is 37.3 Å². The zero-order valence-electron chi connectivity index (χ0n) is 27.8. The van der Waals surface area contributed by atoms with Crippen molar-refractivity contribution in [3.63, 3.8) is 0 Å². The van der Waals surface area contributed by atoms with Gasteiger partial charge in [0.2, 0.25) is 11.8 Å². The molecule has 0 saturated heterocycles. The SMILES string of the molecule is COc1ccc(N(CC(=O)N(Cc2ccccc2C)[C@H](Cc2ccccc2)C(=O)NC(C)C)S(=O)(=O)c2ccc(C)cc2)cc1OC. The molecule has 1 atom stereocenters. The van der Waals surface area contributed by atoms with Gasteiger partial charge in [-0.3, -0.25) is 13.9 Å². The Balaban J connectivity index is 1.85. The van der Waals surface area contributed by atoms with Gasteiger partial charge >= 0.3 is 0 Å². The molecule has 0 bridgehead atoms. The van der Waals surface area contributed by atoms with E-state index in [1.54, 1.807) is 24.3 Å². The molecule has 0 spiro atoms. The topological polar surface area (TPSA) is 105 Å². The Kier molecular flexibility index (Phi) is 11.7. The molecule has 9 nitrogen and oxygen atoms in total. The third-order valence-electron chi connectivity index (χ3n) is 7.85. The summed E-state index contributed by atoms with van der Waals surface area (Å²) in [6, 6.07) is 27.1. The van der Waals surface area contributed by atoms with Crippen LogP contribution in [-0.4, -0.2) is 58.0 Å². The molecule has 0 aliphatic heterocycles. The highest BCUT2D eigenvalue weighted by Gasteiger charge is 2.35. The Morgan fingerprint density at radius 3 is 2.06 bits per heavy atom. The van der Waals surface area contributed by atoms with Crippen molar-refractivity contribution >= 4 is 27.5 Å². The average Bonchev–Trinajstić information content (AvgIpc) is 3.05. The maximum atomic E-state index is 14.7. The number of nitrogens with zero attached hydrogens (tertiary/aromatic N) is 2. The van der Waals surface area contributed by atoms with Crippen LogP contribution in [0.2, 0.25) is 0 Å². The number of methoxy groups -OCH3 is 2. The van der Waals surface area contributed by atoms with Crippen LogP contribution in [0.15, 0.2) is 102 Å². The lowest BCUT2D eigenvalue weighted by Crippen LogP contribution is -2.54. The number of anilines is 1. The van der Waals surface area contributed by atoms with Crippen molar-refractivity contribution in [1.29, 1.82) is 0 Å². The van der Waals surface area contributed by atoms with E-state index in [9.17, 15) is 18.0 Å². The van der Waals surface area contributed by atoms with Gasteiger partial charge in [0.1, 0.15) is 12.6 Å². The Hall–Kier alpha value is -4.83. The monoisotopic (exact) mass is 657 g/mol. The van der Waals surface area contributed by atoms with E-state index in [0.717, 1.165) is 26.6 Å². The summed E-state index contributed by atoms with van der Waals surface area (Å²) in [7, 11) is -1.32. The second-order valence-corrected chi connectivity index (χ2v) is 13.5. The van der Waals surface area contributed by atoms with E-state index >= 15 is 0 Å². The predicted octanol–water partition coefficient (Wildman–Crippen LogP) is 5.68. The van der Waals surface area contributed by atoms with Crippen molar-refractivity contribution in [3.8, 4) is 11.5 Å². The van der Waals surface area contributed by atoms with Gasteiger partial charge in [0.05, 0.1) is 24.8 Å². The predicted molar refractivity (Wildman–Crippen MR) is 184 cm³/mol. The van der Waals surface area contributed by atoms with Gasteiger partial charge in [0.25, 0.3) is 10.0 Å². The van der Waals surface area contributed by atoms with E-state index in [2.05, 4.69) is 5.32 Å². The van der Waals surface area contributed by atoms with Gasteiger partial charge in [-0.05, 0) is 68.7 Å². The van der Waals surface area contributed by atoms with E-state index in [0.29, 0.717) is 11.5 Å².